The molecule has 2 aromatic heterocycles. The molecule has 0 radical (unpaired) electrons. The third-order valence-corrected chi connectivity index (χ3v) is 6.72. The van der Waals surface area contributed by atoms with E-state index >= 15 is 0 Å². The van der Waals surface area contributed by atoms with Crippen LogP contribution in [0.25, 0.3) is 10.2 Å². The molecule has 0 spiro atoms. The molecular weight excluding hydrogens is 442 g/mol. The van der Waals surface area contributed by atoms with E-state index in [4.69, 9.17) is 9.72 Å². The molecule has 2 heterocycles. The molecular formula is C28H31N3O2S. The second-order valence-electron chi connectivity index (χ2n) is 8.64. The van der Waals surface area contributed by atoms with Crippen LogP contribution in [0, 0.1) is 0 Å². The quantitative estimate of drug-likeness (QED) is 0.228. The largest absolute Gasteiger partial charge is 0.494 e. The minimum Gasteiger partial charge on any atom is -0.494 e. The molecule has 0 fully saturated rings. The van der Waals surface area contributed by atoms with E-state index in [9.17, 15) is 4.79 Å². The van der Waals surface area contributed by atoms with Crippen molar-refractivity contribution in [3.05, 3.63) is 83.7 Å². The van der Waals surface area contributed by atoms with Crippen molar-refractivity contribution in [3.63, 3.8) is 0 Å². The molecule has 0 N–H and O–H groups in total. The minimum atomic E-state index is -0.116. The number of ether oxygens (including phenoxy) is 1. The van der Waals surface area contributed by atoms with E-state index in [-0.39, 0.29) is 5.91 Å². The Labute approximate surface area is 205 Å². The Balaban J connectivity index is 1.68. The molecule has 4 rings (SSSR count). The number of aromatic nitrogens is 2. The monoisotopic (exact) mass is 473 g/mol. The Bertz CT molecular complexity index is 1240. The summed E-state index contributed by atoms with van der Waals surface area (Å²) in [6, 6.07) is 19.4. The van der Waals surface area contributed by atoms with Crippen LogP contribution in [0.15, 0.2) is 66.9 Å². The fraction of sp³-hybridized carbons (Fsp3) is 0.321. The number of carbonyl (C=O) groups is 1. The van der Waals surface area contributed by atoms with Crippen LogP contribution in [0.3, 0.4) is 0 Å². The molecule has 6 heteroatoms. The van der Waals surface area contributed by atoms with Gasteiger partial charge >= 0.3 is 0 Å². The predicted octanol–water partition coefficient (Wildman–Crippen LogP) is 7.23. The number of carbonyl (C=O) groups excluding carboxylic acids is 1. The molecule has 34 heavy (non-hydrogen) atoms. The molecule has 0 aliphatic heterocycles. The van der Waals surface area contributed by atoms with Crippen molar-refractivity contribution >= 4 is 32.6 Å². The predicted molar refractivity (Wildman–Crippen MR) is 140 cm³/mol. The zero-order valence-electron chi connectivity index (χ0n) is 20.0. The Morgan fingerprint density at radius 3 is 2.68 bits per heavy atom. The van der Waals surface area contributed by atoms with Crippen molar-refractivity contribution in [1.82, 2.24) is 9.97 Å². The van der Waals surface area contributed by atoms with Gasteiger partial charge in [-0.2, -0.15) is 0 Å². The highest BCUT2D eigenvalue weighted by Crippen LogP contribution is 2.34. The number of rotatable bonds is 10. The number of para-hydroxylation sites is 1. The van der Waals surface area contributed by atoms with Gasteiger partial charge in [-0.05, 0) is 54.3 Å². The molecule has 4 aromatic rings. The van der Waals surface area contributed by atoms with E-state index in [0.29, 0.717) is 35.5 Å². The number of unbranched alkanes of at least 4 members (excludes halogenated alkanes) is 2. The number of anilines is 1. The van der Waals surface area contributed by atoms with Crippen LogP contribution in [-0.2, 0) is 6.54 Å². The molecule has 0 unspecified atom stereocenters. The second-order valence-corrected chi connectivity index (χ2v) is 9.65. The van der Waals surface area contributed by atoms with Gasteiger partial charge in [0.2, 0.25) is 0 Å². The SMILES string of the molecule is CCCCCOc1cccc(C(=O)N(Cc2ccccn2)c2nc3c(C(C)C)cccc3s2)c1. The maximum atomic E-state index is 13.8. The number of pyridine rings is 1. The highest BCUT2D eigenvalue weighted by Gasteiger charge is 2.23. The average Bonchev–Trinajstić information content (AvgIpc) is 3.29. The summed E-state index contributed by atoms with van der Waals surface area (Å²) in [5, 5.41) is 0.674. The maximum Gasteiger partial charge on any atom is 0.260 e. The highest BCUT2D eigenvalue weighted by molar-refractivity contribution is 7.22. The zero-order valence-corrected chi connectivity index (χ0v) is 20.8. The molecule has 5 nitrogen and oxygen atoms in total. The first-order valence-corrected chi connectivity index (χ1v) is 12.7. The maximum absolute atomic E-state index is 13.8. The van der Waals surface area contributed by atoms with E-state index in [1.165, 1.54) is 16.9 Å². The lowest BCUT2D eigenvalue weighted by atomic mass is 10.0. The van der Waals surface area contributed by atoms with E-state index in [1.807, 2.05) is 42.5 Å². The first kappa shape index (κ1) is 23.9. The van der Waals surface area contributed by atoms with Gasteiger partial charge in [0.05, 0.1) is 29.1 Å². The van der Waals surface area contributed by atoms with Gasteiger partial charge in [0.25, 0.3) is 5.91 Å². The van der Waals surface area contributed by atoms with Crippen LogP contribution in [0.5, 0.6) is 5.75 Å². The summed E-state index contributed by atoms with van der Waals surface area (Å²) in [4.78, 5) is 24.9. The summed E-state index contributed by atoms with van der Waals surface area (Å²) in [5.74, 6) is 0.945. The van der Waals surface area contributed by atoms with E-state index in [0.717, 1.165) is 35.2 Å². The zero-order chi connectivity index (χ0) is 23.9. The van der Waals surface area contributed by atoms with Crippen molar-refractivity contribution < 1.29 is 9.53 Å². The fourth-order valence-electron chi connectivity index (χ4n) is 3.84. The minimum absolute atomic E-state index is 0.116. The van der Waals surface area contributed by atoms with Crippen LogP contribution < -0.4 is 9.64 Å². The van der Waals surface area contributed by atoms with Crippen LogP contribution in [0.1, 0.15) is 67.6 Å². The topological polar surface area (TPSA) is 55.3 Å². The Morgan fingerprint density at radius 1 is 1.06 bits per heavy atom. The molecule has 0 bridgehead atoms. The van der Waals surface area contributed by atoms with Crippen molar-refractivity contribution in [3.8, 4) is 5.75 Å². The average molecular weight is 474 g/mol. The lowest BCUT2D eigenvalue weighted by Gasteiger charge is -2.20. The number of nitrogens with zero attached hydrogens (tertiary/aromatic N) is 3. The normalized spacial score (nSPS) is 11.2. The summed E-state index contributed by atoms with van der Waals surface area (Å²) in [5.41, 5.74) is 3.54. The first-order chi connectivity index (χ1) is 16.6. The highest BCUT2D eigenvalue weighted by atomic mass is 32.1. The van der Waals surface area contributed by atoms with Gasteiger partial charge in [0.1, 0.15) is 5.75 Å². The Kier molecular flexibility index (Phi) is 7.91. The molecule has 1 amide bonds. The first-order valence-electron chi connectivity index (χ1n) is 11.9. The van der Waals surface area contributed by atoms with Gasteiger partial charge in [-0.15, -0.1) is 0 Å². The standard InChI is InChI=1S/C28H31N3O2S/c1-4-5-8-17-33-23-13-9-11-21(18-23)27(32)31(19-22-12-6-7-16-29-22)28-30-26-24(20(2)3)14-10-15-25(26)34-28/h6-7,9-16,18,20H,4-5,8,17,19H2,1-3H3. The smallest absolute Gasteiger partial charge is 0.260 e. The fourth-order valence-corrected chi connectivity index (χ4v) is 4.83. The van der Waals surface area contributed by atoms with Crippen LogP contribution in [0.2, 0.25) is 0 Å². The summed E-state index contributed by atoms with van der Waals surface area (Å²) >= 11 is 1.54. The van der Waals surface area contributed by atoms with Crippen LogP contribution >= 0.6 is 11.3 Å². The number of benzene rings is 2. The van der Waals surface area contributed by atoms with Crippen molar-refractivity contribution in [2.24, 2.45) is 0 Å². The van der Waals surface area contributed by atoms with Gasteiger partial charge in [0, 0.05) is 11.8 Å². The molecule has 0 saturated carbocycles. The van der Waals surface area contributed by atoms with Crippen LogP contribution in [0.4, 0.5) is 5.13 Å². The summed E-state index contributed by atoms with van der Waals surface area (Å²) in [7, 11) is 0. The molecule has 0 saturated heterocycles. The van der Waals surface area contributed by atoms with Gasteiger partial charge in [-0.25, -0.2) is 4.98 Å². The lowest BCUT2D eigenvalue weighted by molar-refractivity contribution is 0.0984. The van der Waals surface area contributed by atoms with Crippen molar-refractivity contribution in [1.29, 1.82) is 0 Å². The van der Waals surface area contributed by atoms with Gasteiger partial charge in [-0.1, -0.05) is 69.2 Å². The number of amides is 1. The number of thiazole rings is 1. The third kappa shape index (κ3) is 5.62. The van der Waals surface area contributed by atoms with E-state index in [1.54, 1.807) is 11.1 Å². The summed E-state index contributed by atoms with van der Waals surface area (Å²) in [6.07, 6.45) is 5.03. The Hall–Kier alpha value is -3.25. The molecule has 0 aliphatic carbocycles. The number of hydrogen-bond donors (Lipinski definition) is 0. The van der Waals surface area contributed by atoms with Gasteiger partial charge in [-0.3, -0.25) is 14.7 Å². The molecule has 0 aliphatic rings. The third-order valence-electron chi connectivity index (χ3n) is 5.68. The second kappa shape index (κ2) is 11.3. The van der Waals surface area contributed by atoms with Crippen molar-refractivity contribution in [2.75, 3.05) is 11.5 Å². The number of fused-ring (bicyclic) bond motifs is 1. The van der Waals surface area contributed by atoms with E-state index < -0.39 is 0 Å². The molecule has 176 valence electrons. The Morgan fingerprint density at radius 2 is 1.91 bits per heavy atom. The summed E-state index contributed by atoms with van der Waals surface area (Å²) < 4.78 is 6.97. The van der Waals surface area contributed by atoms with Gasteiger partial charge in [0.15, 0.2) is 5.13 Å². The number of hydrogen-bond acceptors (Lipinski definition) is 5. The van der Waals surface area contributed by atoms with Crippen molar-refractivity contribution in [2.45, 2.75) is 52.5 Å². The van der Waals surface area contributed by atoms with Crippen LogP contribution in [-0.4, -0.2) is 22.5 Å². The van der Waals surface area contributed by atoms with E-state index in [2.05, 4.69) is 44.0 Å². The molecule has 0 atom stereocenters. The van der Waals surface area contributed by atoms with Gasteiger partial charge < -0.3 is 4.74 Å². The molecule has 2 aromatic carbocycles. The lowest BCUT2D eigenvalue weighted by Crippen LogP contribution is -2.30. The summed E-state index contributed by atoms with van der Waals surface area (Å²) in [6.45, 7) is 7.49.